The van der Waals surface area contributed by atoms with Crippen molar-refractivity contribution in [1.82, 2.24) is 10.2 Å². The van der Waals surface area contributed by atoms with Crippen LogP contribution in [-0.2, 0) is 20.2 Å². The van der Waals surface area contributed by atoms with Gasteiger partial charge in [0.05, 0.1) is 17.1 Å². The van der Waals surface area contributed by atoms with Gasteiger partial charge in [0.2, 0.25) is 5.13 Å². The van der Waals surface area contributed by atoms with E-state index in [4.69, 9.17) is 4.74 Å². The van der Waals surface area contributed by atoms with Crippen LogP contribution in [0.4, 0.5) is 10.8 Å². The van der Waals surface area contributed by atoms with Crippen molar-refractivity contribution in [2.45, 2.75) is 61.8 Å². The number of hydrogen-bond donors (Lipinski definition) is 1. The molecule has 0 fully saturated rings. The van der Waals surface area contributed by atoms with Gasteiger partial charge in [0.1, 0.15) is 5.75 Å². The monoisotopic (exact) mass is 546 g/mol. The Hall–Kier alpha value is -2.63. The first-order valence-electron chi connectivity index (χ1n) is 11.7. The smallest absolute Gasteiger partial charge is 0.269 e. The number of benzene rings is 2. The third-order valence-electron chi connectivity index (χ3n) is 5.66. The van der Waals surface area contributed by atoms with E-state index in [9.17, 15) is 13.2 Å². The fourth-order valence-electron chi connectivity index (χ4n) is 3.61. The number of nitrogens with zero attached hydrogens (tertiary/aromatic N) is 3. The lowest BCUT2D eigenvalue weighted by atomic mass is 9.86. The number of amides is 1. The molecule has 2 heterocycles. The van der Waals surface area contributed by atoms with E-state index in [-0.39, 0.29) is 16.9 Å². The number of aromatic nitrogens is 2. The van der Waals surface area contributed by atoms with E-state index in [0.29, 0.717) is 16.6 Å². The SMILES string of the molecule is CCCSc1nnc(NC(=O)C2CN(S(=O)(=O)c3ccc(C)cc3)c3cc(C(C)(C)C)ccc3O2)s1. The van der Waals surface area contributed by atoms with Crippen molar-refractivity contribution in [2.24, 2.45) is 0 Å². The normalized spacial score (nSPS) is 15.8. The second-order valence-corrected chi connectivity index (χ2v) is 13.8. The fraction of sp³-hybridized carbons (Fsp3) is 0.400. The fourth-order valence-corrected chi connectivity index (χ4v) is 6.76. The van der Waals surface area contributed by atoms with E-state index in [1.807, 2.05) is 19.1 Å². The van der Waals surface area contributed by atoms with Crippen LogP contribution in [0.25, 0.3) is 0 Å². The predicted molar refractivity (Wildman–Crippen MR) is 145 cm³/mol. The molecule has 2 aromatic carbocycles. The van der Waals surface area contributed by atoms with Crippen LogP contribution in [0.5, 0.6) is 5.75 Å². The van der Waals surface area contributed by atoms with E-state index in [1.54, 1.807) is 42.1 Å². The molecular formula is C25H30N4O4S3. The lowest BCUT2D eigenvalue weighted by Crippen LogP contribution is -2.49. The highest BCUT2D eigenvalue weighted by Gasteiger charge is 2.38. The summed E-state index contributed by atoms with van der Waals surface area (Å²) in [5.41, 5.74) is 2.13. The number of hydrogen-bond acceptors (Lipinski definition) is 8. The Morgan fingerprint density at radius 3 is 2.58 bits per heavy atom. The van der Waals surface area contributed by atoms with Gasteiger partial charge in [-0.25, -0.2) is 8.42 Å². The molecule has 11 heteroatoms. The number of ether oxygens (including phenoxy) is 1. The summed E-state index contributed by atoms with van der Waals surface area (Å²) in [4.78, 5) is 13.3. The van der Waals surface area contributed by atoms with Crippen molar-refractivity contribution in [3.63, 3.8) is 0 Å². The minimum absolute atomic E-state index is 0.156. The van der Waals surface area contributed by atoms with Crippen molar-refractivity contribution >= 4 is 49.8 Å². The van der Waals surface area contributed by atoms with Crippen molar-refractivity contribution in [2.75, 3.05) is 21.9 Å². The second-order valence-electron chi connectivity index (χ2n) is 9.60. The number of rotatable bonds is 7. The highest BCUT2D eigenvalue weighted by atomic mass is 32.2. The van der Waals surface area contributed by atoms with Crippen LogP contribution < -0.4 is 14.4 Å². The number of fused-ring (bicyclic) bond motifs is 1. The number of carbonyl (C=O) groups excluding carboxylic acids is 1. The second kappa shape index (κ2) is 10.4. The molecule has 1 amide bonds. The minimum atomic E-state index is -3.96. The van der Waals surface area contributed by atoms with Crippen LogP contribution in [0.1, 0.15) is 45.2 Å². The summed E-state index contributed by atoms with van der Waals surface area (Å²) in [5.74, 6) is 0.766. The highest BCUT2D eigenvalue weighted by Crippen LogP contribution is 2.40. The van der Waals surface area contributed by atoms with Crippen LogP contribution >= 0.6 is 23.1 Å². The number of anilines is 2. The Morgan fingerprint density at radius 1 is 1.19 bits per heavy atom. The molecule has 3 aromatic rings. The van der Waals surface area contributed by atoms with Crippen molar-refractivity contribution < 1.29 is 17.9 Å². The van der Waals surface area contributed by atoms with Gasteiger partial charge in [0.15, 0.2) is 10.4 Å². The molecule has 36 heavy (non-hydrogen) atoms. The predicted octanol–water partition coefficient (Wildman–Crippen LogP) is 5.24. The molecule has 0 bridgehead atoms. The first-order valence-corrected chi connectivity index (χ1v) is 14.9. The quantitative estimate of drug-likeness (QED) is 0.319. The lowest BCUT2D eigenvalue weighted by Gasteiger charge is -2.35. The Labute approximate surface area is 220 Å². The molecular weight excluding hydrogens is 517 g/mol. The molecule has 1 N–H and O–H groups in total. The van der Waals surface area contributed by atoms with Gasteiger partial charge in [0.25, 0.3) is 15.9 Å². The molecule has 1 atom stereocenters. The minimum Gasteiger partial charge on any atom is -0.476 e. The van der Waals surface area contributed by atoms with Crippen LogP contribution in [0, 0.1) is 6.92 Å². The maximum atomic E-state index is 13.8. The van der Waals surface area contributed by atoms with Gasteiger partial charge >= 0.3 is 0 Å². The number of thioether (sulfide) groups is 1. The number of sulfonamides is 1. The van der Waals surface area contributed by atoms with Crippen LogP contribution in [0.3, 0.4) is 0 Å². The summed E-state index contributed by atoms with van der Waals surface area (Å²) in [5, 5.41) is 11.2. The number of carbonyl (C=O) groups is 1. The molecule has 0 saturated heterocycles. The van der Waals surface area contributed by atoms with Crippen molar-refractivity contribution in [3.8, 4) is 5.75 Å². The van der Waals surface area contributed by atoms with Crippen molar-refractivity contribution in [3.05, 3.63) is 53.6 Å². The molecule has 0 radical (unpaired) electrons. The van der Waals surface area contributed by atoms with Crippen LogP contribution in [0.2, 0.25) is 0 Å². The van der Waals surface area contributed by atoms with E-state index in [0.717, 1.165) is 27.6 Å². The maximum absolute atomic E-state index is 13.8. The van der Waals surface area contributed by atoms with Crippen LogP contribution in [-0.4, -0.2) is 42.9 Å². The summed E-state index contributed by atoms with van der Waals surface area (Å²) >= 11 is 2.86. The first kappa shape index (κ1) is 26.4. The van der Waals surface area contributed by atoms with E-state index in [2.05, 4.69) is 43.2 Å². The van der Waals surface area contributed by atoms with Crippen molar-refractivity contribution in [1.29, 1.82) is 0 Å². The largest absolute Gasteiger partial charge is 0.476 e. The Morgan fingerprint density at radius 2 is 1.92 bits per heavy atom. The summed E-state index contributed by atoms with van der Waals surface area (Å²) in [6, 6.07) is 12.1. The zero-order valence-electron chi connectivity index (χ0n) is 20.9. The topological polar surface area (TPSA) is 101 Å². The molecule has 1 aliphatic rings. The van der Waals surface area contributed by atoms with Gasteiger partial charge in [0, 0.05) is 5.75 Å². The number of aryl methyl sites for hydroxylation is 1. The summed E-state index contributed by atoms with van der Waals surface area (Å²) < 4.78 is 35.6. The van der Waals surface area contributed by atoms with E-state index >= 15 is 0 Å². The zero-order chi connectivity index (χ0) is 26.1. The third kappa shape index (κ3) is 5.68. The maximum Gasteiger partial charge on any atom is 0.269 e. The molecule has 4 rings (SSSR count). The molecule has 0 saturated carbocycles. The van der Waals surface area contributed by atoms with E-state index in [1.165, 1.54) is 15.6 Å². The van der Waals surface area contributed by atoms with Gasteiger partial charge in [-0.2, -0.15) is 0 Å². The van der Waals surface area contributed by atoms with Gasteiger partial charge < -0.3 is 4.74 Å². The van der Waals surface area contributed by atoms with Gasteiger partial charge in [-0.05, 0) is 48.6 Å². The molecule has 0 spiro atoms. The van der Waals surface area contributed by atoms with Gasteiger partial charge in [-0.1, -0.05) is 74.6 Å². The lowest BCUT2D eigenvalue weighted by molar-refractivity contribution is -0.122. The Balaban J connectivity index is 1.67. The van der Waals surface area contributed by atoms with Crippen LogP contribution in [0.15, 0.2) is 51.7 Å². The average Bonchev–Trinajstić information content (AvgIpc) is 3.28. The highest BCUT2D eigenvalue weighted by molar-refractivity contribution is 8.01. The molecule has 1 aliphatic heterocycles. The Bertz CT molecular complexity index is 1350. The standard InChI is InChI=1S/C25H30N4O4S3/c1-6-13-34-24-28-27-23(35-24)26-22(30)21-15-29(36(31,32)18-10-7-16(2)8-11-18)19-14-17(25(3,4)5)9-12-20(19)33-21/h7-12,14,21H,6,13,15H2,1-5H3,(H,26,27,30). The zero-order valence-corrected chi connectivity index (χ0v) is 23.4. The third-order valence-corrected chi connectivity index (χ3v) is 9.63. The summed E-state index contributed by atoms with van der Waals surface area (Å²) in [7, 11) is -3.96. The molecule has 0 aliphatic carbocycles. The average molecular weight is 547 g/mol. The van der Waals surface area contributed by atoms with E-state index < -0.39 is 22.0 Å². The molecule has 8 nitrogen and oxygen atoms in total. The molecule has 1 unspecified atom stereocenters. The van der Waals surface area contributed by atoms with Gasteiger partial charge in [-0.15, -0.1) is 10.2 Å². The molecule has 192 valence electrons. The summed E-state index contributed by atoms with van der Waals surface area (Å²) in [6.45, 7) is 9.98. The Kier molecular flexibility index (Phi) is 7.63. The first-order chi connectivity index (χ1) is 17.0. The molecule has 1 aromatic heterocycles. The number of nitrogens with one attached hydrogen (secondary N) is 1. The van der Waals surface area contributed by atoms with Gasteiger partial charge in [-0.3, -0.25) is 14.4 Å². The summed E-state index contributed by atoms with van der Waals surface area (Å²) in [6.07, 6.45) is -0.0578.